The van der Waals surface area contributed by atoms with Crippen molar-refractivity contribution >= 4 is 5.97 Å². The van der Waals surface area contributed by atoms with Crippen LogP contribution < -0.4 is 0 Å². The van der Waals surface area contributed by atoms with Gasteiger partial charge in [0.2, 0.25) is 0 Å². The highest BCUT2D eigenvalue weighted by atomic mass is 16.4. The first kappa shape index (κ1) is 13.1. The predicted molar refractivity (Wildman–Crippen MR) is 80.8 cm³/mol. The Labute approximate surface area is 122 Å². The molecule has 2 N–H and O–H groups in total. The Balaban J connectivity index is 2.14. The minimum absolute atomic E-state index is 0.0645. The molecule has 0 atom stereocenters. The van der Waals surface area contributed by atoms with Crippen LogP contribution in [-0.4, -0.2) is 21.3 Å². The average Bonchev–Trinajstić information content (AvgIpc) is 2.92. The van der Waals surface area contributed by atoms with E-state index >= 15 is 0 Å². The first-order valence-electron chi connectivity index (χ1n) is 6.65. The Hall–Kier alpha value is -2.88. The van der Waals surface area contributed by atoms with Crippen molar-refractivity contribution in [2.45, 2.75) is 6.42 Å². The molecule has 2 aromatic carbocycles. The first-order chi connectivity index (χ1) is 10.3. The van der Waals surface area contributed by atoms with E-state index in [0.29, 0.717) is 11.3 Å². The Morgan fingerprint density at radius 2 is 1.52 bits per heavy atom. The summed E-state index contributed by atoms with van der Waals surface area (Å²) in [6.45, 7) is 0. The summed E-state index contributed by atoms with van der Waals surface area (Å²) >= 11 is 0. The minimum atomic E-state index is -0.870. The van der Waals surface area contributed by atoms with Crippen LogP contribution >= 0.6 is 0 Å². The maximum absolute atomic E-state index is 11.2. The number of aromatic nitrogens is 2. The largest absolute Gasteiger partial charge is 0.481 e. The molecule has 0 fully saturated rings. The van der Waals surface area contributed by atoms with E-state index in [9.17, 15) is 9.90 Å². The standard InChI is InChI=1S/C17H14N2O2/c20-15(21)11-14-16(12-7-3-1-4-8-12)18-19-17(14)13-9-5-2-6-10-13/h1-10H,11H2,(H,18,19)(H,20,21). The van der Waals surface area contributed by atoms with E-state index in [1.165, 1.54) is 0 Å². The number of nitrogens with one attached hydrogen (secondary N) is 1. The zero-order valence-corrected chi connectivity index (χ0v) is 11.3. The number of aliphatic carboxylic acids is 1. The third-order valence-electron chi connectivity index (χ3n) is 3.30. The van der Waals surface area contributed by atoms with Crippen LogP contribution in [0.25, 0.3) is 22.5 Å². The summed E-state index contributed by atoms with van der Waals surface area (Å²) in [4.78, 5) is 11.2. The van der Waals surface area contributed by atoms with Crippen LogP contribution in [0.1, 0.15) is 5.56 Å². The average molecular weight is 278 g/mol. The summed E-state index contributed by atoms with van der Waals surface area (Å²) in [5.41, 5.74) is 4.00. The molecule has 4 heteroatoms. The van der Waals surface area contributed by atoms with E-state index < -0.39 is 5.97 Å². The van der Waals surface area contributed by atoms with E-state index in [1.807, 2.05) is 60.7 Å². The summed E-state index contributed by atoms with van der Waals surface area (Å²) < 4.78 is 0. The molecule has 0 aliphatic rings. The van der Waals surface area contributed by atoms with Crippen LogP contribution in [0.3, 0.4) is 0 Å². The molecule has 0 spiro atoms. The number of rotatable bonds is 4. The van der Waals surface area contributed by atoms with Crippen molar-refractivity contribution in [3.8, 4) is 22.5 Å². The number of carboxylic acids is 1. The number of hydrogen-bond donors (Lipinski definition) is 2. The molecule has 3 aromatic rings. The van der Waals surface area contributed by atoms with Crippen molar-refractivity contribution in [3.05, 3.63) is 66.2 Å². The molecule has 1 heterocycles. The van der Waals surface area contributed by atoms with Gasteiger partial charge in [-0.3, -0.25) is 9.89 Å². The number of carboxylic acid groups (broad SMARTS) is 1. The van der Waals surface area contributed by atoms with Crippen molar-refractivity contribution in [2.24, 2.45) is 0 Å². The molecule has 0 saturated carbocycles. The second kappa shape index (κ2) is 5.63. The monoisotopic (exact) mass is 278 g/mol. The molecule has 0 radical (unpaired) electrons. The van der Waals surface area contributed by atoms with Gasteiger partial charge in [0.05, 0.1) is 17.8 Å². The van der Waals surface area contributed by atoms with Gasteiger partial charge in [-0.2, -0.15) is 5.10 Å². The van der Waals surface area contributed by atoms with Gasteiger partial charge in [-0.15, -0.1) is 0 Å². The number of hydrogen-bond acceptors (Lipinski definition) is 2. The topological polar surface area (TPSA) is 66.0 Å². The molecular weight excluding hydrogens is 264 g/mol. The van der Waals surface area contributed by atoms with Crippen LogP contribution in [0, 0.1) is 0 Å². The number of H-pyrrole nitrogens is 1. The second-order valence-corrected chi connectivity index (χ2v) is 4.73. The van der Waals surface area contributed by atoms with E-state index in [-0.39, 0.29) is 6.42 Å². The Morgan fingerprint density at radius 1 is 0.952 bits per heavy atom. The molecule has 0 bridgehead atoms. The second-order valence-electron chi connectivity index (χ2n) is 4.73. The Bertz CT molecular complexity index is 692. The molecular formula is C17H14N2O2. The summed E-state index contributed by atoms with van der Waals surface area (Å²) in [5, 5.41) is 16.5. The third-order valence-corrected chi connectivity index (χ3v) is 3.30. The maximum atomic E-state index is 11.2. The van der Waals surface area contributed by atoms with Crippen LogP contribution in [0.4, 0.5) is 0 Å². The smallest absolute Gasteiger partial charge is 0.307 e. The molecule has 0 saturated heterocycles. The quantitative estimate of drug-likeness (QED) is 0.769. The number of benzene rings is 2. The highest BCUT2D eigenvalue weighted by molar-refractivity contribution is 5.81. The molecule has 4 nitrogen and oxygen atoms in total. The molecule has 0 aliphatic carbocycles. The summed E-state index contributed by atoms with van der Waals surface area (Å²) in [6.07, 6.45) is -0.0645. The molecule has 21 heavy (non-hydrogen) atoms. The van der Waals surface area contributed by atoms with E-state index in [1.54, 1.807) is 0 Å². The van der Waals surface area contributed by atoms with Crippen molar-refractivity contribution in [2.75, 3.05) is 0 Å². The number of nitrogens with zero attached hydrogens (tertiary/aromatic N) is 1. The molecule has 104 valence electrons. The van der Waals surface area contributed by atoms with Gasteiger partial charge in [0, 0.05) is 11.1 Å². The molecule has 3 rings (SSSR count). The fourth-order valence-corrected chi connectivity index (χ4v) is 2.37. The lowest BCUT2D eigenvalue weighted by atomic mass is 10.00. The minimum Gasteiger partial charge on any atom is -0.481 e. The van der Waals surface area contributed by atoms with E-state index in [4.69, 9.17) is 0 Å². The van der Waals surface area contributed by atoms with Crippen LogP contribution in [0.2, 0.25) is 0 Å². The molecule has 1 aromatic heterocycles. The van der Waals surface area contributed by atoms with Gasteiger partial charge < -0.3 is 5.11 Å². The normalized spacial score (nSPS) is 10.5. The van der Waals surface area contributed by atoms with Crippen LogP contribution in [-0.2, 0) is 11.2 Å². The van der Waals surface area contributed by atoms with Crippen LogP contribution in [0.5, 0.6) is 0 Å². The lowest BCUT2D eigenvalue weighted by Crippen LogP contribution is -2.02. The van der Waals surface area contributed by atoms with Crippen molar-refractivity contribution in [1.82, 2.24) is 10.2 Å². The Kier molecular flexibility index (Phi) is 3.51. The van der Waals surface area contributed by atoms with Crippen molar-refractivity contribution < 1.29 is 9.90 Å². The third kappa shape index (κ3) is 2.69. The summed E-state index contributed by atoms with van der Waals surface area (Å²) in [5.74, 6) is -0.870. The molecule has 0 amide bonds. The van der Waals surface area contributed by atoms with Gasteiger partial charge in [-0.25, -0.2) is 0 Å². The number of carbonyl (C=O) groups is 1. The molecule has 0 aliphatic heterocycles. The highest BCUT2D eigenvalue weighted by Crippen LogP contribution is 2.30. The van der Waals surface area contributed by atoms with Gasteiger partial charge in [-0.05, 0) is 5.56 Å². The summed E-state index contributed by atoms with van der Waals surface area (Å²) in [7, 11) is 0. The zero-order valence-electron chi connectivity index (χ0n) is 11.3. The van der Waals surface area contributed by atoms with E-state index in [0.717, 1.165) is 16.8 Å². The van der Waals surface area contributed by atoms with Gasteiger partial charge in [-0.1, -0.05) is 60.7 Å². The highest BCUT2D eigenvalue weighted by Gasteiger charge is 2.18. The van der Waals surface area contributed by atoms with Gasteiger partial charge in [0.15, 0.2) is 0 Å². The number of aromatic amines is 1. The predicted octanol–water partition coefficient (Wildman–Crippen LogP) is 3.37. The SMILES string of the molecule is O=C(O)Cc1c(-c2ccccc2)n[nH]c1-c1ccccc1. The first-order valence-corrected chi connectivity index (χ1v) is 6.65. The maximum Gasteiger partial charge on any atom is 0.307 e. The van der Waals surface area contributed by atoms with Crippen LogP contribution in [0.15, 0.2) is 60.7 Å². The van der Waals surface area contributed by atoms with E-state index in [2.05, 4.69) is 10.2 Å². The van der Waals surface area contributed by atoms with Crippen molar-refractivity contribution in [1.29, 1.82) is 0 Å². The molecule has 0 unspecified atom stereocenters. The fraction of sp³-hybridized carbons (Fsp3) is 0.0588. The van der Waals surface area contributed by atoms with Gasteiger partial charge >= 0.3 is 5.97 Å². The summed E-state index contributed by atoms with van der Waals surface area (Å²) in [6, 6.07) is 19.2. The zero-order chi connectivity index (χ0) is 14.7. The van der Waals surface area contributed by atoms with Gasteiger partial charge in [0.25, 0.3) is 0 Å². The fourth-order valence-electron chi connectivity index (χ4n) is 2.37. The Morgan fingerprint density at radius 3 is 2.10 bits per heavy atom. The van der Waals surface area contributed by atoms with Crippen molar-refractivity contribution in [3.63, 3.8) is 0 Å². The lowest BCUT2D eigenvalue weighted by Gasteiger charge is -2.04. The lowest BCUT2D eigenvalue weighted by molar-refractivity contribution is -0.136. The van der Waals surface area contributed by atoms with Gasteiger partial charge in [0.1, 0.15) is 0 Å².